The van der Waals surface area contributed by atoms with Crippen LogP contribution in [0.4, 0.5) is 5.82 Å². The first-order chi connectivity index (χ1) is 31.0. The lowest BCUT2D eigenvalue weighted by Gasteiger charge is -2.37. The number of H-pyrrole nitrogens is 1. The summed E-state index contributed by atoms with van der Waals surface area (Å²) in [5.74, 6) is 1.04. The maximum absolute atomic E-state index is 12.8. The first kappa shape index (κ1) is 44.6. The molecule has 0 aliphatic carbocycles. The van der Waals surface area contributed by atoms with Crippen LogP contribution in [-0.2, 0) is 42.9 Å². The van der Waals surface area contributed by atoms with Gasteiger partial charge in [0, 0.05) is 38.6 Å². The molecule has 0 radical (unpaired) electrons. The number of imidazole rings is 1. The third kappa shape index (κ3) is 9.14. The average Bonchev–Trinajstić information content (AvgIpc) is 4.04. The molecule has 7 atom stereocenters. The third-order valence-electron chi connectivity index (χ3n) is 11.2. The molecule has 0 bridgehead atoms. The van der Waals surface area contributed by atoms with E-state index in [1.165, 1.54) is 31.1 Å². The van der Waals surface area contributed by atoms with E-state index in [-0.39, 0.29) is 31.9 Å². The molecule has 19 nitrogen and oxygen atoms in total. The summed E-state index contributed by atoms with van der Waals surface area (Å²) >= 11 is 0. The molecule has 336 valence electrons. The Bertz CT molecular complexity index is 2620. The van der Waals surface area contributed by atoms with Crippen molar-refractivity contribution >= 4 is 31.6 Å². The van der Waals surface area contributed by atoms with Gasteiger partial charge in [-0.1, -0.05) is 54.6 Å². The molecule has 3 N–H and O–H groups in total. The highest BCUT2D eigenvalue weighted by Gasteiger charge is 2.45. The summed E-state index contributed by atoms with van der Waals surface area (Å²) in [5, 5.41) is 0. The van der Waals surface area contributed by atoms with Crippen molar-refractivity contribution in [2.45, 2.75) is 69.2 Å². The number of hydrogen-bond acceptors (Lipinski definition) is 16. The number of ether oxygens (including phenoxy) is 6. The van der Waals surface area contributed by atoms with Crippen LogP contribution in [0.5, 0.6) is 11.5 Å². The largest absolute Gasteiger partial charge is 0.497 e. The van der Waals surface area contributed by atoms with E-state index in [4.69, 9.17) is 47.7 Å². The van der Waals surface area contributed by atoms with Crippen molar-refractivity contribution in [2.75, 3.05) is 40.3 Å². The fraction of sp³-hybridized carbons (Fsp3) is 0.364. The number of methoxy groups -OCH3 is 2. The van der Waals surface area contributed by atoms with Crippen molar-refractivity contribution in [2.24, 2.45) is 0 Å². The van der Waals surface area contributed by atoms with E-state index < -0.39 is 68.3 Å². The fourth-order valence-corrected chi connectivity index (χ4v) is 8.99. The standard InChI is InChI=1S/C44H48N7O12P/c1-26-21-50(43(54)49-42(26)53)37-19-33(60-27(2)52)36(62-37)23-59-64(57-5)63-34-20-38(51-25-48-39-40(45)46-24-47-41(39)51)61-35(34)22-58-44(28-9-7-6-8-10-28,29-11-15-31(55-3)16-12-29)30-13-17-32(56-4)18-14-30/h6-18,21,24-25,33-38H,19-20,22-23H2,1-5H3,(H2,45,46,47)(H,49,53,54)/t33-,34-,35+,36+,37+,38+,64?/m0/s1. The number of esters is 1. The minimum atomic E-state index is -2.10. The van der Waals surface area contributed by atoms with Crippen LogP contribution in [0.15, 0.2) is 107 Å². The van der Waals surface area contributed by atoms with E-state index in [9.17, 15) is 14.4 Å². The van der Waals surface area contributed by atoms with Gasteiger partial charge in [0.2, 0.25) is 0 Å². The average molecular weight is 898 g/mol. The molecule has 5 heterocycles. The number of benzene rings is 3. The summed E-state index contributed by atoms with van der Waals surface area (Å²) in [6.07, 6.45) is 0.220. The summed E-state index contributed by atoms with van der Waals surface area (Å²) in [5.41, 5.74) is 7.52. The Kier molecular flexibility index (Phi) is 13.5. The molecule has 8 rings (SSSR count). The van der Waals surface area contributed by atoms with Crippen LogP contribution in [0.3, 0.4) is 0 Å². The number of nitrogens with zero attached hydrogens (tertiary/aromatic N) is 5. The number of aromatic nitrogens is 6. The highest BCUT2D eigenvalue weighted by Crippen LogP contribution is 2.48. The van der Waals surface area contributed by atoms with Gasteiger partial charge in [0.15, 0.2) is 11.5 Å². The third-order valence-corrected chi connectivity index (χ3v) is 12.3. The molecule has 0 spiro atoms. The SMILES string of the molecule is COc1ccc(C(OC[C@H]2O[C@@H](n3cnc4c(N)ncnc43)C[C@@H]2OP(OC)OC[C@H]2O[C@@H](n3cc(C)c(=O)[nH]c3=O)C[C@@H]2OC(C)=O)(c2ccccc2)c2ccc(OC)cc2)cc1. The van der Waals surface area contributed by atoms with Gasteiger partial charge < -0.3 is 47.7 Å². The lowest BCUT2D eigenvalue weighted by atomic mass is 9.80. The predicted molar refractivity (Wildman–Crippen MR) is 231 cm³/mol. The highest BCUT2D eigenvalue weighted by molar-refractivity contribution is 7.41. The van der Waals surface area contributed by atoms with Crippen molar-refractivity contribution in [3.63, 3.8) is 0 Å². The number of nitrogens with two attached hydrogens (primary N) is 1. The number of carbonyl (C=O) groups excluding carboxylic acids is 1. The number of carbonyl (C=O) groups is 1. The zero-order valence-electron chi connectivity index (χ0n) is 35.7. The zero-order valence-corrected chi connectivity index (χ0v) is 36.6. The Balaban J connectivity index is 1.10. The van der Waals surface area contributed by atoms with Crippen LogP contribution in [0.2, 0.25) is 0 Å². The fourth-order valence-electron chi connectivity index (χ4n) is 8.02. The quantitative estimate of drug-likeness (QED) is 0.0692. The molecule has 3 aromatic heterocycles. The van der Waals surface area contributed by atoms with Crippen molar-refractivity contribution in [3.05, 3.63) is 141 Å². The van der Waals surface area contributed by atoms with E-state index in [1.54, 1.807) is 32.0 Å². The molecule has 0 amide bonds. The van der Waals surface area contributed by atoms with Gasteiger partial charge in [0.1, 0.15) is 59.7 Å². The van der Waals surface area contributed by atoms with Crippen LogP contribution in [0.1, 0.15) is 54.5 Å². The number of fused-ring (bicyclic) bond motifs is 1. The Labute approximate surface area is 368 Å². The van der Waals surface area contributed by atoms with Gasteiger partial charge >= 0.3 is 20.3 Å². The van der Waals surface area contributed by atoms with E-state index in [2.05, 4.69) is 19.9 Å². The van der Waals surface area contributed by atoms with Crippen LogP contribution in [0.25, 0.3) is 11.2 Å². The van der Waals surface area contributed by atoms with Crippen molar-refractivity contribution in [1.82, 2.24) is 29.1 Å². The second-order valence-electron chi connectivity index (χ2n) is 15.1. The van der Waals surface area contributed by atoms with Crippen molar-refractivity contribution in [1.29, 1.82) is 0 Å². The topological polar surface area (TPSA) is 225 Å². The highest BCUT2D eigenvalue weighted by atomic mass is 31.2. The first-order valence-corrected chi connectivity index (χ1v) is 21.5. The lowest BCUT2D eigenvalue weighted by Crippen LogP contribution is -2.38. The molecule has 0 saturated carbocycles. The predicted octanol–water partition coefficient (Wildman–Crippen LogP) is 5.07. The van der Waals surface area contributed by atoms with Crippen LogP contribution < -0.4 is 26.5 Å². The second kappa shape index (κ2) is 19.4. The van der Waals surface area contributed by atoms with Gasteiger partial charge in [-0.25, -0.2) is 19.7 Å². The van der Waals surface area contributed by atoms with Gasteiger partial charge in [0.05, 0.1) is 39.9 Å². The number of aryl methyl sites for hydroxylation is 1. The molecule has 1 unspecified atom stereocenters. The van der Waals surface area contributed by atoms with E-state index in [0.717, 1.165) is 16.7 Å². The Hall–Kier alpha value is -6.05. The normalized spacial score (nSPS) is 21.5. The number of nitrogen functional groups attached to an aromatic ring is 1. The smallest absolute Gasteiger partial charge is 0.332 e. The Morgan fingerprint density at radius 2 is 1.44 bits per heavy atom. The number of hydrogen-bond donors (Lipinski definition) is 2. The number of aromatic amines is 1. The van der Waals surface area contributed by atoms with Gasteiger partial charge in [-0.2, -0.15) is 0 Å². The molecule has 20 heteroatoms. The van der Waals surface area contributed by atoms with Gasteiger partial charge in [-0.15, -0.1) is 0 Å². The van der Waals surface area contributed by atoms with Crippen LogP contribution in [-0.4, -0.2) is 94.0 Å². The first-order valence-electron chi connectivity index (χ1n) is 20.4. The van der Waals surface area contributed by atoms with E-state index >= 15 is 0 Å². The van der Waals surface area contributed by atoms with Gasteiger partial charge in [-0.3, -0.25) is 23.7 Å². The maximum Gasteiger partial charge on any atom is 0.332 e. The molecule has 2 saturated heterocycles. The maximum atomic E-state index is 12.8. The molecule has 2 aliphatic rings. The van der Waals surface area contributed by atoms with Gasteiger partial charge in [-0.05, 0) is 47.9 Å². The molecular weight excluding hydrogens is 849 g/mol. The molecule has 2 fully saturated rings. The monoisotopic (exact) mass is 897 g/mol. The van der Waals surface area contributed by atoms with Crippen LogP contribution in [0, 0.1) is 6.92 Å². The summed E-state index contributed by atoms with van der Waals surface area (Å²) in [7, 11) is 2.58. The Morgan fingerprint density at radius 3 is 2.06 bits per heavy atom. The summed E-state index contributed by atoms with van der Waals surface area (Å²) in [6.45, 7) is 2.72. The molecule has 3 aromatic carbocycles. The molecule has 6 aromatic rings. The minimum Gasteiger partial charge on any atom is -0.497 e. The minimum absolute atomic E-state index is 0.0000373. The van der Waals surface area contributed by atoms with E-state index in [1.807, 2.05) is 78.9 Å². The lowest BCUT2D eigenvalue weighted by molar-refractivity contribution is -0.150. The van der Waals surface area contributed by atoms with Gasteiger partial charge in [0.25, 0.3) is 5.56 Å². The van der Waals surface area contributed by atoms with Crippen molar-refractivity contribution in [3.8, 4) is 11.5 Å². The molecule has 2 aliphatic heterocycles. The van der Waals surface area contributed by atoms with Crippen molar-refractivity contribution < 1.29 is 46.8 Å². The number of nitrogens with one attached hydrogen (secondary N) is 1. The van der Waals surface area contributed by atoms with E-state index in [0.29, 0.717) is 28.2 Å². The second-order valence-corrected chi connectivity index (χ2v) is 16.4. The molecular formula is C44H48N7O12P. The van der Waals surface area contributed by atoms with Crippen LogP contribution >= 0.6 is 8.60 Å². The number of anilines is 1. The number of rotatable bonds is 17. The summed E-state index contributed by atoms with van der Waals surface area (Å²) in [4.78, 5) is 52.3. The zero-order chi connectivity index (χ0) is 45.0. The Morgan fingerprint density at radius 1 is 0.828 bits per heavy atom. The molecule has 64 heavy (non-hydrogen) atoms. The summed E-state index contributed by atoms with van der Waals surface area (Å²) < 4.78 is 58.7. The summed E-state index contributed by atoms with van der Waals surface area (Å²) in [6, 6.07) is 25.3.